The Labute approximate surface area is 161 Å². The number of thiophene rings is 1. The first kappa shape index (κ1) is 19.8. The van der Waals surface area contributed by atoms with E-state index in [1.807, 2.05) is 0 Å². The maximum atomic E-state index is 13.0. The second-order valence-electron chi connectivity index (χ2n) is 8.70. The van der Waals surface area contributed by atoms with Crippen molar-refractivity contribution in [3.8, 4) is 0 Å². The van der Waals surface area contributed by atoms with Crippen LogP contribution in [-0.2, 0) is 14.8 Å². The van der Waals surface area contributed by atoms with E-state index in [4.69, 9.17) is 0 Å². The minimum Gasteiger partial charge on any atom is -0.339 e. The molecule has 1 amide bonds. The van der Waals surface area contributed by atoms with E-state index in [1.54, 1.807) is 21.8 Å². The van der Waals surface area contributed by atoms with Crippen LogP contribution in [0.25, 0.3) is 0 Å². The Morgan fingerprint density at radius 3 is 2.46 bits per heavy atom. The number of nitrogens with zero attached hydrogens (tertiary/aromatic N) is 2. The first-order chi connectivity index (χ1) is 12.2. The Morgan fingerprint density at radius 1 is 1.19 bits per heavy atom. The maximum Gasteiger partial charge on any atom is 0.252 e. The van der Waals surface area contributed by atoms with Gasteiger partial charge in [0.05, 0.1) is 0 Å². The van der Waals surface area contributed by atoms with E-state index >= 15 is 0 Å². The fourth-order valence-corrected chi connectivity index (χ4v) is 6.77. The van der Waals surface area contributed by atoms with Crippen molar-refractivity contribution in [3.63, 3.8) is 0 Å². The molecule has 1 aromatic rings. The fraction of sp³-hybridized carbons (Fsp3) is 0.737. The van der Waals surface area contributed by atoms with Gasteiger partial charge in [-0.15, -0.1) is 11.3 Å². The summed E-state index contributed by atoms with van der Waals surface area (Å²) in [6.07, 6.45) is 4.46. The van der Waals surface area contributed by atoms with E-state index in [0.717, 1.165) is 25.8 Å². The molecule has 3 heterocycles. The van der Waals surface area contributed by atoms with E-state index < -0.39 is 10.0 Å². The zero-order valence-corrected chi connectivity index (χ0v) is 17.6. The van der Waals surface area contributed by atoms with Crippen LogP contribution in [-0.4, -0.2) is 49.2 Å². The maximum absolute atomic E-state index is 13.0. The van der Waals surface area contributed by atoms with Gasteiger partial charge >= 0.3 is 0 Å². The molecule has 0 N–H and O–H groups in total. The highest BCUT2D eigenvalue weighted by Crippen LogP contribution is 2.33. The molecule has 1 aromatic heterocycles. The van der Waals surface area contributed by atoms with Crippen LogP contribution in [0.1, 0.15) is 52.9 Å². The molecular formula is C19H30N2O3S2. The van der Waals surface area contributed by atoms with Crippen LogP contribution >= 0.6 is 11.3 Å². The number of hydrogen-bond acceptors (Lipinski definition) is 4. The van der Waals surface area contributed by atoms with Crippen LogP contribution < -0.4 is 0 Å². The molecule has 0 aromatic carbocycles. The summed E-state index contributed by atoms with van der Waals surface area (Å²) in [5, 5.41) is 1.78. The minimum atomic E-state index is -3.39. The molecule has 0 radical (unpaired) electrons. The van der Waals surface area contributed by atoms with Crippen molar-refractivity contribution in [2.45, 2.75) is 63.1 Å². The molecular weight excluding hydrogens is 368 g/mol. The molecule has 0 aliphatic carbocycles. The van der Waals surface area contributed by atoms with Gasteiger partial charge in [0.1, 0.15) is 4.21 Å². The first-order valence-corrected chi connectivity index (χ1v) is 11.8. The summed E-state index contributed by atoms with van der Waals surface area (Å²) in [7, 11) is -3.39. The van der Waals surface area contributed by atoms with Crippen LogP contribution in [0.4, 0.5) is 0 Å². The Bertz CT molecular complexity index is 714. The van der Waals surface area contributed by atoms with E-state index in [2.05, 4.69) is 25.7 Å². The van der Waals surface area contributed by atoms with Crippen LogP contribution in [0.15, 0.2) is 21.7 Å². The Kier molecular flexibility index (Phi) is 5.80. The van der Waals surface area contributed by atoms with Gasteiger partial charge in [-0.3, -0.25) is 4.79 Å². The van der Waals surface area contributed by atoms with Gasteiger partial charge in [0.25, 0.3) is 10.0 Å². The molecule has 2 fully saturated rings. The van der Waals surface area contributed by atoms with Crippen molar-refractivity contribution in [2.24, 2.45) is 11.3 Å². The highest BCUT2D eigenvalue weighted by Gasteiger charge is 2.38. The topological polar surface area (TPSA) is 57.7 Å². The van der Waals surface area contributed by atoms with Gasteiger partial charge in [0, 0.05) is 31.6 Å². The van der Waals surface area contributed by atoms with Gasteiger partial charge in [0.15, 0.2) is 0 Å². The van der Waals surface area contributed by atoms with Gasteiger partial charge in [0.2, 0.25) is 5.91 Å². The second-order valence-corrected chi connectivity index (χ2v) is 11.8. The standard InChI is InChI=1S/C19H30N2O3S2/c1-19(2,3)14-16-6-4-10-21(16)18(22)15-8-11-20(12-9-15)26(23,24)17-7-5-13-25-17/h5,7,13,15-16H,4,6,8-12,14H2,1-3H3. The Balaban J connectivity index is 1.60. The third-order valence-corrected chi connectivity index (χ3v) is 8.67. The smallest absolute Gasteiger partial charge is 0.252 e. The summed E-state index contributed by atoms with van der Waals surface area (Å²) in [5.41, 5.74) is 0.214. The SMILES string of the molecule is CC(C)(C)CC1CCCN1C(=O)C1CCN(S(=O)(=O)c2cccs2)CC1. The molecule has 3 rings (SSSR count). The zero-order chi connectivity index (χ0) is 18.9. The Morgan fingerprint density at radius 2 is 1.88 bits per heavy atom. The molecule has 26 heavy (non-hydrogen) atoms. The van der Waals surface area contributed by atoms with Crippen LogP contribution in [0, 0.1) is 11.3 Å². The summed E-state index contributed by atoms with van der Waals surface area (Å²) in [6, 6.07) is 3.75. The molecule has 1 unspecified atom stereocenters. The lowest BCUT2D eigenvalue weighted by Crippen LogP contribution is -2.46. The Hall–Kier alpha value is -0.920. The zero-order valence-electron chi connectivity index (χ0n) is 16.0. The van der Waals surface area contributed by atoms with E-state index in [1.165, 1.54) is 11.3 Å². The molecule has 2 aliphatic heterocycles. The highest BCUT2D eigenvalue weighted by molar-refractivity contribution is 7.91. The number of rotatable bonds is 4. The lowest BCUT2D eigenvalue weighted by atomic mass is 9.86. The average Bonchev–Trinajstić information content (AvgIpc) is 3.24. The third kappa shape index (κ3) is 4.31. The monoisotopic (exact) mass is 398 g/mol. The van der Waals surface area contributed by atoms with Gasteiger partial charge in [-0.1, -0.05) is 26.8 Å². The van der Waals surface area contributed by atoms with E-state index in [-0.39, 0.29) is 17.2 Å². The van der Waals surface area contributed by atoms with Gasteiger partial charge in [-0.25, -0.2) is 8.42 Å². The van der Waals surface area contributed by atoms with Crippen molar-refractivity contribution in [2.75, 3.05) is 19.6 Å². The number of sulfonamides is 1. The number of amides is 1. The van der Waals surface area contributed by atoms with Gasteiger partial charge < -0.3 is 4.90 Å². The predicted molar refractivity (Wildman–Crippen MR) is 105 cm³/mol. The van der Waals surface area contributed by atoms with Crippen molar-refractivity contribution < 1.29 is 13.2 Å². The van der Waals surface area contributed by atoms with Crippen molar-refractivity contribution in [3.05, 3.63) is 17.5 Å². The average molecular weight is 399 g/mol. The normalized spacial score (nSPS) is 23.5. The molecule has 1 atom stereocenters. The molecule has 0 bridgehead atoms. The molecule has 2 aliphatic rings. The summed E-state index contributed by atoms with van der Waals surface area (Å²) in [6.45, 7) is 8.40. The summed E-state index contributed by atoms with van der Waals surface area (Å²) in [5.74, 6) is 0.204. The van der Waals surface area contributed by atoms with Crippen molar-refractivity contribution in [1.29, 1.82) is 0 Å². The van der Waals surface area contributed by atoms with Crippen LogP contribution in [0.3, 0.4) is 0 Å². The number of likely N-dealkylation sites (tertiary alicyclic amines) is 1. The summed E-state index contributed by atoms with van der Waals surface area (Å²) < 4.78 is 27.2. The van der Waals surface area contributed by atoms with E-state index in [0.29, 0.717) is 36.2 Å². The number of carbonyl (C=O) groups excluding carboxylic acids is 1. The number of carbonyl (C=O) groups is 1. The number of piperidine rings is 1. The van der Waals surface area contributed by atoms with Crippen molar-refractivity contribution in [1.82, 2.24) is 9.21 Å². The lowest BCUT2D eigenvalue weighted by Gasteiger charge is -2.35. The molecule has 0 spiro atoms. The van der Waals surface area contributed by atoms with Crippen molar-refractivity contribution >= 4 is 27.3 Å². The summed E-state index contributed by atoms with van der Waals surface area (Å²) in [4.78, 5) is 15.1. The number of hydrogen-bond donors (Lipinski definition) is 0. The van der Waals surface area contributed by atoms with Crippen LogP contribution in [0.2, 0.25) is 0 Å². The fourth-order valence-electron chi connectivity index (χ4n) is 4.16. The molecule has 7 heteroatoms. The molecule has 2 saturated heterocycles. The van der Waals surface area contributed by atoms with Gasteiger partial charge in [-0.2, -0.15) is 4.31 Å². The van der Waals surface area contributed by atoms with Gasteiger partial charge in [-0.05, 0) is 49.0 Å². The highest BCUT2D eigenvalue weighted by atomic mass is 32.2. The lowest BCUT2D eigenvalue weighted by molar-refractivity contribution is -0.138. The predicted octanol–water partition coefficient (Wildman–Crippen LogP) is 3.58. The summed E-state index contributed by atoms with van der Waals surface area (Å²) >= 11 is 1.25. The molecule has 5 nitrogen and oxygen atoms in total. The van der Waals surface area contributed by atoms with E-state index in [9.17, 15) is 13.2 Å². The molecule has 146 valence electrons. The third-order valence-electron chi connectivity index (χ3n) is 5.40. The largest absolute Gasteiger partial charge is 0.339 e. The quantitative estimate of drug-likeness (QED) is 0.779. The first-order valence-electron chi connectivity index (χ1n) is 9.53. The van der Waals surface area contributed by atoms with Crippen LogP contribution in [0.5, 0.6) is 0 Å². The molecule has 0 saturated carbocycles. The second kappa shape index (κ2) is 7.60. The minimum absolute atomic E-state index is 0.0367.